The van der Waals surface area contributed by atoms with Gasteiger partial charge in [0.1, 0.15) is 0 Å². The van der Waals surface area contributed by atoms with E-state index in [-0.39, 0.29) is 23.4 Å². The standard InChI is InChI=1S/C19H32N2O4/c1-6-24-16(22)8-10-20-13-15-18(14(3)12-19(15,4)5)21-11-9-17(23)25-7-2/h8-11,14-15,18,20-21H,6-7,12-13H2,1-5H3/b10-8-,11-9-. The number of nitrogens with one attached hydrogen (secondary N) is 2. The van der Waals surface area contributed by atoms with Crippen LogP contribution in [0.2, 0.25) is 0 Å². The van der Waals surface area contributed by atoms with Gasteiger partial charge in [0.05, 0.1) is 13.2 Å². The Labute approximate surface area is 151 Å². The molecule has 0 spiro atoms. The highest BCUT2D eigenvalue weighted by molar-refractivity contribution is 5.82. The van der Waals surface area contributed by atoms with Crippen molar-refractivity contribution < 1.29 is 19.1 Å². The first kappa shape index (κ1) is 21.1. The normalized spacial score (nSPS) is 25.2. The van der Waals surface area contributed by atoms with Crippen LogP contribution in [0.15, 0.2) is 24.6 Å². The molecule has 1 rings (SSSR count). The van der Waals surface area contributed by atoms with E-state index in [4.69, 9.17) is 9.47 Å². The van der Waals surface area contributed by atoms with Crippen LogP contribution in [0.25, 0.3) is 0 Å². The van der Waals surface area contributed by atoms with Gasteiger partial charge in [-0.1, -0.05) is 20.8 Å². The van der Waals surface area contributed by atoms with Gasteiger partial charge in [-0.2, -0.15) is 0 Å². The second-order valence-electron chi connectivity index (χ2n) is 7.05. The molecule has 25 heavy (non-hydrogen) atoms. The molecule has 3 unspecified atom stereocenters. The molecule has 3 atom stereocenters. The maximum absolute atomic E-state index is 11.4. The van der Waals surface area contributed by atoms with E-state index in [1.54, 1.807) is 26.2 Å². The van der Waals surface area contributed by atoms with E-state index < -0.39 is 0 Å². The maximum Gasteiger partial charge on any atom is 0.332 e. The minimum Gasteiger partial charge on any atom is -0.463 e. The molecule has 0 aliphatic heterocycles. The van der Waals surface area contributed by atoms with Gasteiger partial charge in [-0.3, -0.25) is 0 Å². The second kappa shape index (κ2) is 10.1. The lowest BCUT2D eigenvalue weighted by atomic mass is 9.80. The fourth-order valence-corrected chi connectivity index (χ4v) is 3.60. The second-order valence-corrected chi connectivity index (χ2v) is 7.05. The minimum absolute atomic E-state index is 0.152. The van der Waals surface area contributed by atoms with E-state index >= 15 is 0 Å². The third-order valence-electron chi connectivity index (χ3n) is 4.65. The molecule has 2 N–H and O–H groups in total. The van der Waals surface area contributed by atoms with E-state index in [1.807, 2.05) is 0 Å². The Morgan fingerprint density at radius 3 is 2.20 bits per heavy atom. The molecule has 6 heteroatoms. The molecule has 1 saturated carbocycles. The fraction of sp³-hybridized carbons (Fsp3) is 0.684. The molecule has 0 heterocycles. The molecule has 1 aliphatic rings. The molecule has 6 nitrogen and oxygen atoms in total. The molecular formula is C19H32N2O4. The van der Waals surface area contributed by atoms with Crippen molar-refractivity contribution in [3.8, 4) is 0 Å². The van der Waals surface area contributed by atoms with Crippen LogP contribution in [0.4, 0.5) is 0 Å². The van der Waals surface area contributed by atoms with Crippen LogP contribution in [0.3, 0.4) is 0 Å². The van der Waals surface area contributed by atoms with Gasteiger partial charge in [0.2, 0.25) is 0 Å². The molecule has 142 valence electrons. The highest BCUT2D eigenvalue weighted by Gasteiger charge is 2.45. The number of carbonyl (C=O) groups is 2. The topological polar surface area (TPSA) is 76.7 Å². The van der Waals surface area contributed by atoms with Crippen LogP contribution in [-0.2, 0) is 19.1 Å². The molecule has 0 bridgehead atoms. The van der Waals surface area contributed by atoms with Crippen molar-refractivity contribution in [2.45, 2.75) is 47.1 Å². The van der Waals surface area contributed by atoms with E-state index in [0.29, 0.717) is 25.0 Å². The summed E-state index contributed by atoms with van der Waals surface area (Å²) in [4.78, 5) is 22.7. The third kappa shape index (κ3) is 6.80. The Bertz CT molecular complexity index is 500. The Morgan fingerprint density at radius 2 is 1.64 bits per heavy atom. The summed E-state index contributed by atoms with van der Waals surface area (Å²) in [5, 5.41) is 6.56. The molecule has 1 aliphatic carbocycles. The third-order valence-corrected chi connectivity index (χ3v) is 4.65. The quantitative estimate of drug-likeness (QED) is 0.490. The molecule has 0 saturated heterocycles. The van der Waals surface area contributed by atoms with Crippen molar-refractivity contribution in [1.82, 2.24) is 10.6 Å². The first-order valence-corrected chi connectivity index (χ1v) is 8.97. The van der Waals surface area contributed by atoms with Crippen LogP contribution in [0.5, 0.6) is 0 Å². The van der Waals surface area contributed by atoms with Crippen molar-refractivity contribution in [1.29, 1.82) is 0 Å². The van der Waals surface area contributed by atoms with Gasteiger partial charge < -0.3 is 20.1 Å². The zero-order valence-electron chi connectivity index (χ0n) is 16.0. The minimum atomic E-state index is -0.346. The Hall–Kier alpha value is -1.98. The predicted octanol–water partition coefficient (Wildman–Crippen LogP) is 2.37. The lowest BCUT2D eigenvalue weighted by Gasteiger charge is -2.31. The summed E-state index contributed by atoms with van der Waals surface area (Å²) in [6.45, 7) is 11.8. The largest absolute Gasteiger partial charge is 0.463 e. The molecule has 0 aromatic heterocycles. The highest BCUT2D eigenvalue weighted by atomic mass is 16.5. The van der Waals surface area contributed by atoms with Crippen LogP contribution in [0.1, 0.15) is 41.0 Å². The summed E-state index contributed by atoms with van der Waals surface area (Å²) in [6.07, 6.45) is 7.24. The van der Waals surface area contributed by atoms with Gasteiger partial charge in [-0.15, -0.1) is 0 Å². The summed E-state index contributed by atoms with van der Waals surface area (Å²) in [6, 6.07) is 0.240. The average molecular weight is 352 g/mol. The molecule has 0 radical (unpaired) electrons. The van der Waals surface area contributed by atoms with E-state index in [1.165, 1.54) is 12.2 Å². The lowest BCUT2D eigenvalue weighted by Crippen LogP contribution is -2.41. The van der Waals surface area contributed by atoms with Gasteiger partial charge in [-0.25, -0.2) is 9.59 Å². The van der Waals surface area contributed by atoms with E-state index in [2.05, 4.69) is 31.4 Å². The van der Waals surface area contributed by atoms with Gasteiger partial charge in [0.25, 0.3) is 0 Å². The summed E-state index contributed by atoms with van der Waals surface area (Å²) >= 11 is 0. The summed E-state index contributed by atoms with van der Waals surface area (Å²) in [5.74, 6) is 0.136. The van der Waals surface area contributed by atoms with Crippen LogP contribution >= 0.6 is 0 Å². The van der Waals surface area contributed by atoms with Crippen molar-refractivity contribution in [3.63, 3.8) is 0 Å². The maximum atomic E-state index is 11.4. The summed E-state index contributed by atoms with van der Waals surface area (Å²) in [7, 11) is 0. The average Bonchev–Trinajstić information content (AvgIpc) is 2.73. The number of rotatable bonds is 9. The molecule has 1 fully saturated rings. The van der Waals surface area contributed by atoms with E-state index in [0.717, 1.165) is 13.0 Å². The summed E-state index contributed by atoms with van der Waals surface area (Å²) < 4.78 is 9.75. The molecule has 0 aromatic carbocycles. The number of esters is 2. The number of carbonyl (C=O) groups excluding carboxylic acids is 2. The molecule has 0 amide bonds. The lowest BCUT2D eigenvalue weighted by molar-refractivity contribution is -0.138. The van der Waals surface area contributed by atoms with Crippen LogP contribution in [-0.4, -0.2) is 37.7 Å². The SMILES string of the molecule is CCOC(=O)/C=C\NCC1C(N/C=C\C(=O)OCC)C(C)CC1(C)C. The van der Waals surface area contributed by atoms with Crippen molar-refractivity contribution >= 4 is 11.9 Å². The zero-order chi connectivity index (χ0) is 18.9. The monoisotopic (exact) mass is 352 g/mol. The Kier molecular flexibility index (Phi) is 8.52. The predicted molar refractivity (Wildman–Crippen MR) is 97.5 cm³/mol. The van der Waals surface area contributed by atoms with Crippen molar-refractivity contribution in [2.75, 3.05) is 19.8 Å². The van der Waals surface area contributed by atoms with E-state index in [9.17, 15) is 9.59 Å². The first-order valence-electron chi connectivity index (χ1n) is 8.97. The summed E-state index contributed by atoms with van der Waals surface area (Å²) in [5.41, 5.74) is 0.152. The molecule has 0 aromatic rings. The van der Waals surface area contributed by atoms with Crippen LogP contribution < -0.4 is 10.6 Å². The van der Waals surface area contributed by atoms with Gasteiger partial charge in [0, 0.05) is 43.1 Å². The number of hydrogen-bond donors (Lipinski definition) is 2. The first-order chi connectivity index (χ1) is 11.8. The Balaban J connectivity index is 2.62. The van der Waals surface area contributed by atoms with Crippen molar-refractivity contribution in [3.05, 3.63) is 24.6 Å². The number of hydrogen-bond acceptors (Lipinski definition) is 6. The van der Waals surface area contributed by atoms with Gasteiger partial charge in [-0.05, 0) is 31.6 Å². The molecular weight excluding hydrogens is 320 g/mol. The Morgan fingerprint density at radius 1 is 1.08 bits per heavy atom. The zero-order valence-corrected chi connectivity index (χ0v) is 16.0. The number of ether oxygens (including phenoxy) is 2. The highest BCUT2D eigenvalue weighted by Crippen LogP contribution is 2.45. The van der Waals surface area contributed by atoms with Gasteiger partial charge in [0.15, 0.2) is 0 Å². The van der Waals surface area contributed by atoms with Crippen LogP contribution in [0, 0.1) is 17.3 Å². The fourth-order valence-electron chi connectivity index (χ4n) is 3.60. The van der Waals surface area contributed by atoms with Crippen molar-refractivity contribution in [2.24, 2.45) is 17.3 Å². The smallest absolute Gasteiger partial charge is 0.332 e. The van der Waals surface area contributed by atoms with Gasteiger partial charge >= 0.3 is 11.9 Å².